The number of carbonyl (C=O) groups is 1. The van der Waals surface area contributed by atoms with Gasteiger partial charge in [0.25, 0.3) is 21.6 Å². The van der Waals surface area contributed by atoms with Crippen molar-refractivity contribution in [2.75, 3.05) is 16.9 Å². The van der Waals surface area contributed by atoms with Crippen molar-refractivity contribution in [1.82, 2.24) is 29.5 Å². The molecule has 2 aromatic carbocycles. The number of para-hydroxylation sites is 1. The molecule has 1 amide bonds. The number of H-pyrrole nitrogens is 1. The van der Waals surface area contributed by atoms with Crippen molar-refractivity contribution in [3.63, 3.8) is 0 Å². The van der Waals surface area contributed by atoms with Crippen molar-refractivity contribution in [2.45, 2.75) is 13.5 Å². The number of aromatic nitrogens is 6. The first-order chi connectivity index (χ1) is 21.9. The second kappa shape index (κ2) is 13.3. The average molecular weight is 667 g/mol. The largest absolute Gasteiger partial charge is 0.347 e. The van der Waals surface area contributed by atoms with E-state index >= 15 is 0 Å². The highest BCUT2D eigenvalue weighted by atomic mass is 32.2. The molecule has 236 valence electrons. The van der Waals surface area contributed by atoms with Gasteiger partial charge >= 0.3 is 0 Å². The molecule has 13 nitrogen and oxygen atoms in total. The maximum Gasteiger partial charge on any atom is 0.261 e. The molecule has 17 heteroatoms. The summed E-state index contributed by atoms with van der Waals surface area (Å²) in [5.74, 6) is -1.56. The average Bonchev–Trinajstić information content (AvgIpc) is 3.71. The molecule has 4 heterocycles. The molecule has 0 bridgehead atoms. The van der Waals surface area contributed by atoms with E-state index in [1.807, 2.05) is 6.92 Å². The van der Waals surface area contributed by atoms with Crippen LogP contribution < -0.4 is 16.2 Å². The lowest BCUT2D eigenvalue weighted by molar-refractivity contribution is 0.102. The number of rotatable bonds is 7. The maximum atomic E-state index is 14.9. The van der Waals surface area contributed by atoms with Crippen molar-refractivity contribution >= 4 is 49.5 Å². The Balaban J connectivity index is 0.000000775. The molecule has 0 saturated carbocycles. The fourth-order valence-electron chi connectivity index (χ4n) is 4.35. The van der Waals surface area contributed by atoms with E-state index < -0.39 is 33.0 Å². The Hall–Kier alpha value is -5.39. The van der Waals surface area contributed by atoms with E-state index in [0.29, 0.717) is 39.4 Å². The Kier molecular flexibility index (Phi) is 9.26. The first-order valence-corrected chi connectivity index (χ1v) is 16.0. The molecule has 0 fully saturated rings. The minimum atomic E-state index is -3.67. The molecule has 0 radical (unpaired) electrons. The standard InChI is InChI=1S/C28H20F2N8O2S.CH4O3S/c1-15-5-6-16(26(40)37-28-33-11-12-41-28)13-18(15)23-17-7-8-22(39)38(24-19(29)3-2-4-20(24)30)25(17)36-27(35-23)34-14-21-31-9-10-32-21;1-5(2,3)4/h2-13H,14H2,1H3,(H,31,32)(H,33,37,40)(H,34,35,36);1H3,(H,2,3,4). The van der Waals surface area contributed by atoms with E-state index in [1.165, 1.54) is 29.5 Å². The van der Waals surface area contributed by atoms with Crippen molar-refractivity contribution in [3.8, 4) is 16.9 Å². The molecule has 0 atom stereocenters. The number of fused-ring (bicyclic) bond motifs is 1. The third-order valence-corrected chi connectivity index (χ3v) is 6.98. The van der Waals surface area contributed by atoms with E-state index in [1.54, 1.807) is 42.2 Å². The smallest absolute Gasteiger partial charge is 0.261 e. The van der Waals surface area contributed by atoms with Crippen LogP contribution in [0.15, 0.2) is 77.3 Å². The van der Waals surface area contributed by atoms with Crippen molar-refractivity contribution in [3.05, 3.63) is 111 Å². The van der Waals surface area contributed by atoms with Gasteiger partial charge in [-0.25, -0.2) is 23.7 Å². The molecular formula is C29H24F2N8O5S2. The van der Waals surface area contributed by atoms with Gasteiger partial charge in [-0.05, 0) is 42.8 Å². The van der Waals surface area contributed by atoms with Crippen LogP contribution in [0.1, 0.15) is 21.7 Å². The van der Waals surface area contributed by atoms with Gasteiger partial charge < -0.3 is 10.3 Å². The number of hydrogen-bond donors (Lipinski definition) is 4. The quantitative estimate of drug-likeness (QED) is 0.176. The van der Waals surface area contributed by atoms with Crippen LogP contribution in [-0.4, -0.2) is 54.6 Å². The number of amides is 1. The van der Waals surface area contributed by atoms with Crippen molar-refractivity contribution in [1.29, 1.82) is 0 Å². The van der Waals surface area contributed by atoms with Gasteiger partial charge in [0.15, 0.2) is 10.8 Å². The summed E-state index contributed by atoms with van der Waals surface area (Å²) >= 11 is 1.29. The third-order valence-electron chi connectivity index (χ3n) is 6.29. The molecule has 6 aromatic rings. The number of aromatic amines is 1. The number of hydrogen-bond acceptors (Lipinski definition) is 10. The molecule has 6 rings (SSSR count). The lowest BCUT2D eigenvalue weighted by Crippen LogP contribution is -2.21. The summed E-state index contributed by atoms with van der Waals surface area (Å²) in [7, 11) is -3.67. The molecule has 0 aliphatic rings. The summed E-state index contributed by atoms with van der Waals surface area (Å²) in [5, 5.41) is 8.36. The highest BCUT2D eigenvalue weighted by Gasteiger charge is 2.21. The number of imidazole rings is 1. The minimum Gasteiger partial charge on any atom is -0.347 e. The number of nitrogens with zero attached hydrogens (tertiary/aromatic N) is 5. The van der Waals surface area contributed by atoms with Crippen LogP contribution in [0, 0.1) is 18.6 Å². The third kappa shape index (κ3) is 7.45. The van der Waals surface area contributed by atoms with E-state index in [-0.39, 0.29) is 24.0 Å². The van der Waals surface area contributed by atoms with Gasteiger partial charge in [-0.2, -0.15) is 13.4 Å². The van der Waals surface area contributed by atoms with Gasteiger partial charge in [-0.15, -0.1) is 11.3 Å². The van der Waals surface area contributed by atoms with E-state index in [0.717, 1.165) is 22.3 Å². The summed E-state index contributed by atoms with van der Waals surface area (Å²) in [5.41, 5.74) is 0.752. The van der Waals surface area contributed by atoms with Crippen LogP contribution >= 0.6 is 11.3 Å². The molecule has 0 unspecified atom stereocenters. The lowest BCUT2D eigenvalue weighted by atomic mass is 9.99. The predicted molar refractivity (Wildman–Crippen MR) is 169 cm³/mol. The summed E-state index contributed by atoms with van der Waals surface area (Å²) < 4.78 is 56.6. The number of pyridine rings is 1. The van der Waals surface area contributed by atoms with Gasteiger partial charge in [0.2, 0.25) is 5.95 Å². The predicted octanol–water partition coefficient (Wildman–Crippen LogP) is 4.58. The van der Waals surface area contributed by atoms with Gasteiger partial charge in [0.1, 0.15) is 23.1 Å². The zero-order valence-corrected chi connectivity index (χ0v) is 25.7. The summed E-state index contributed by atoms with van der Waals surface area (Å²) in [6.45, 7) is 2.05. The second-order valence-corrected chi connectivity index (χ2v) is 12.0. The summed E-state index contributed by atoms with van der Waals surface area (Å²) in [4.78, 5) is 46.5. The van der Waals surface area contributed by atoms with Gasteiger partial charge in [-0.1, -0.05) is 12.1 Å². The number of nitrogens with one attached hydrogen (secondary N) is 3. The van der Waals surface area contributed by atoms with Gasteiger partial charge in [0.05, 0.1) is 18.5 Å². The van der Waals surface area contributed by atoms with Crippen LogP contribution in [0.3, 0.4) is 0 Å². The molecule has 4 aromatic heterocycles. The van der Waals surface area contributed by atoms with Gasteiger partial charge in [-0.3, -0.25) is 24.0 Å². The van der Waals surface area contributed by atoms with Crippen LogP contribution in [0.5, 0.6) is 0 Å². The number of anilines is 2. The summed E-state index contributed by atoms with van der Waals surface area (Å²) in [6, 6.07) is 11.1. The van der Waals surface area contributed by atoms with Gasteiger partial charge in [0, 0.05) is 46.6 Å². The van der Waals surface area contributed by atoms with Crippen LogP contribution in [-0.2, 0) is 16.7 Å². The molecule has 46 heavy (non-hydrogen) atoms. The first-order valence-electron chi connectivity index (χ1n) is 13.2. The van der Waals surface area contributed by atoms with Crippen LogP contribution in [0.25, 0.3) is 28.0 Å². The zero-order chi connectivity index (χ0) is 33.0. The second-order valence-electron chi connectivity index (χ2n) is 9.65. The fraction of sp³-hybridized carbons (Fsp3) is 0.103. The molecule has 4 N–H and O–H groups in total. The van der Waals surface area contributed by atoms with E-state index in [9.17, 15) is 26.8 Å². The number of halogens is 2. The highest BCUT2D eigenvalue weighted by Crippen LogP contribution is 2.32. The number of carbonyl (C=O) groups excluding carboxylic acids is 1. The first kappa shape index (κ1) is 32.0. The van der Waals surface area contributed by atoms with Crippen LogP contribution in [0.4, 0.5) is 19.9 Å². The van der Waals surface area contributed by atoms with E-state index in [2.05, 4.69) is 30.6 Å². The Bertz CT molecular complexity index is 2180. The Morgan fingerprint density at radius 2 is 1.80 bits per heavy atom. The maximum absolute atomic E-state index is 14.9. The Morgan fingerprint density at radius 1 is 1.07 bits per heavy atom. The molecule has 0 aliphatic carbocycles. The Morgan fingerprint density at radius 3 is 2.46 bits per heavy atom. The number of aryl methyl sites for hydroxylation is 1. The van der Waals surface area contributed by atoms with Crippen LogP contribution in [0.2, 0.25) is 0 Å². The molecular weight excluding hydrogens is 643 g/mol. The van der Waals surface area contributed by atoms with Crippen molar-refractivity contribution < 1.29 is 26.5 Å². The molecule has 0 spiro atoms. The number of thiazole rings is 1. The lowest BCUT2D eigenvalue weighted by Gasteiger charge is -2.16. The Labute approximate surface area is 263 Å². The SMILES string of the molecule is CS(=O)(=O)O.Cc1ccc(C(=O)Nc2nccs2)cc1-c1nc(NCc2ncc[nH]2)nc2c1ccc(=O)n2-c1c(F)cccc1F. The molecule has 0 aliphatic heterocycles. The highest BCUT2D eigenvalue weighted by molar-refractivity contribution is 7.85. The topological polar surface area (TPSA) is 185 Å². The summed E-state index contributed by atoms with van der Waals surface area (Å²) in [6.07, 6.45) is 5.55. The zero-order valence-electron chi connectivity index (χ0n) is 24.0. The minimum absolute atomic E-state index is 0.0227. The number of benzene rings is 2. The van der Waals surface area contributed by atoms with E-state index in [4.69, 9.17) is 9.54 Å². The monoisotopic (exact) mass is 666 g/mol. The van der Waals surface area contributed by atoms with Crippen molar-refractivity contribution in [2.24, 2.45) is 0 Å². The molecule has 0 saturated heterocycles. The normalized spacial score (nSPS) is 11.2. The fourth-order valence-corrected chi connectivity index (χ4v) is 4.87.